The number of anilines is 1. The van der Waals surface area contributed by atoms with E-state index < -0.39 is 6.10 Å². The molecule has 0 aliphatic carbocycles. The van der Waals surface area contributed by atoms with Crippen molar-refractivity contribution < 1.29 is 9.90 Å². The number of carbonyl (C=O) groups excluding carboxylic acids is 1. The number of β-amino-alcohol motifs (C(OH)–C–C–N with tert-alkyl or cyclic N) is 1. The Labute approximate surface area is 140 Å². The number of pyridine rings is 1. The van der Waals surface area contributed by atoms with E-state index in [4.69, 9.17) is 5.26 Å². The van der Waals surface area contributed by atoms with Gasteiger partial charge in [0.15, 0.2) is 0 Å². The van der Waals surface area contributed by atoms with E-state index in [9.17, 15) is 9.90 Å². The van der Waals surface area contributed by atoms with Crippen LogP contribution in [-0.2, 0) is 0 Å². The lowest BCUT2D eigenvalue weighted by Crippen LogP contribution is -2.37. The fraction of sp³-hybridized carbons (Fsp3) is 0.278. The summed E-state index contributed by atoms with van der Waals surface area (Å²) in [5, 5.41) is 19.3. The van der Waals surface area contributed by atoms with Gasteiger partial charge in [0.25, 0.3) is 5.91 Å². The first-order valence-corrected chi connectivity index (χ1v) is 7.81. The molecule has 1 aliphatic heterocycles. The lowest BCUT2D eigenvalue weighted by molar-refractivity contribution is 0.0674. The zero-order valence-electron chi connectivity index (χ0n) is 13.2. The van der Waals surface area contributed by atoms with Crippen LogP contribution in [0, 0.1) is 11.3 Å². The van der Waals surface area contributed by atoms with Gasteiger partial charge in [-0.2, -0.15) is 5.26 Å². The highest BCUT2D eigenvalue weighted by Gasteiger charge is 2.25. The third-order valence-corrected chi connectivity index (χ3v) is 4.01. The number of nitriles is 1. The van der Waals surface area contributed by atoms with Crippen molar-refractivity contribution in [2.45, 2.75) is 6.10 Å². The minimum atomic E-state index is -0.673. The summed E-state index contributed by atoms with van der Waals surface area (Å²) in [6.07, 6.45) is 0.908. The number of amides is 1. The summed E-state index contributed by atoms with van der Waals surface area (Å²) < 4.78 is 0. The van der Waals surface area contributed by atoms with Gasteiger partial charge in [0, 0.05) is 37.9 Å². The number of aliphatic hydroxyl groups excluding tert-OH is 1. The zero-order valence-corrected chi connectivity index (χ0v) is 13.2. The molecule has 122 valence electrons. The van der Waals surface area contributed by atoms with Crippen molar-refractivity contribution in [2.75, 3.05) is 31.1 Å². The Bertz CT molecular complexity index is 757. The number of benzene rings is 1. The van der Waals surface area contributed by atoms with Crippen LogP contribution in [0.3, 0.4) is 0 Å². The Morgan fingerprint density at radius 1 is 1.21 bits per heavy atom. The summed E-state index contributed by atoms with van der Waals surface area (Å²) in [6, 6.07) is 14.5. The van der Waals surface area contributed by atoms with Gasteiger partial charge < -0.3 is 14.9 Å². The van der Waals surface area contributed by atoms with E-state index in [1.165, 1.54) is 0 Å². The van der Waals surface area contributed by atoms with Gasteiger partial charge in [-0.3, -0.25) is 4.79 Å². The second kappa shape index (κ2) is 7.11. The van der Waals surface area contributed by atoms with Crippen LogP contribution in [0.2, 0.25) is 0 Å². The first-order valence-electron chi connectivity index (χ1n) is 7.81. The van der Waals surface area contributed by atoms with Crippen molar-refractivity contribution >= 4 is 11.7 Å². The van der Waals surface area contributed by atoms with Crippen LogP contribution < -0.4 is 4.90 Å². The molecular formula is C18H18N4O2. The number of carbonyl (C=O) groups is 1. The van der Waals surface area contributed by atoms with Gasteiger partial charge in [0.2, 0.25) is 0 Å². The highest BCUT2D eigenvalue weighted by Crippen LogP contribution is 2.16. The Morgan fingerprint density at radius 3 is 2.75 bits per heavy atom. The second-order valence-corrected chi connectivity index (χ2v) is 5.73. The van der Waals surface area contributed by atoms with E-state index in [2.05, 4.69) is 11.1 Å². The van der Waals surface area contributed by atoms with Crippen molar-refractivity contribution in [3.8, 4) is 6.07 Å². The van der Waals surface area contributed by atoms with Gasteiger partial charge in [0.05, 0.1) is 17.7 Å². The summed E-state index contributed by atoms with van der Waals surface area (Å²) >= 11 is 0. The maximum Gasteiger partial charge on any atom is 0.254 e. The molecule has 0 bridgehead atoms. The molecule has 0 radical (unpaired) electrons. The van der Waals surface area contributed by atoms with Crippen LogP contribution in [0.5, 0.6) is 0 Å². The molecule has 1 aliphatic rings. The Balaban J connectivity index is 1.76. The maximum atomic E-state index is 12.6. The molecule has 6 nitrogen and oxygen atoms in total. The first kappa shape index (κ1) is 16.0. The van der Waals surface area contributed by atoms with Crippen LogP contribution in [-0.4, -0.2) is 53.2 Å². The number of hydrogen-bond donors (Lipinski definition) is 1. The number of hydrogen-bond acceptors (Lipinski definition) is 5. The molecule has 0 saturated carbocycles. The highest BCUT2D eigenvalue weighted by atomic mass is 16.3. The van der Waals surface area contributed by atoms with Crippen molar-refractivity contribution in [1.82, 2.24) is 9.88 Å². The summed E-state index contributed by atoms with van der Waals surface area (Å²) in [7, 11) is 0. The zero-order chi connectivity index (χ0) is 16.9. The fourth-order valence-corrected chi connectivity index (χ4v) is 2.81. The molecule has 1 aromatic carbocycles. The third-order valence-electron chi connectivity index (χ3n) is 4.01. The van der Waals surface area contributed by atoms with E-state index in [0.717, 1.165) is 0 Å². The van der Waals surface area contributed by atoms with Crippen LogP contribution in [0.4, 0.5) is 5.82 Å². The molecule has 1 atom stereocenters. The van der Waals surface area contributed by atoms with Gasteiger partial charge in [-0.25, -0.2) is 4.98 Å². The van der Waals surface area contributed by atoms with Gasteiger partial charge in [0.1, 0.15) is 5.82 Å². The summed E-state index contributed by atoms with van der Waals surface area (Å²) in [4.78, 5) is 20.4. The molecular weight excluding hydrogens is 304 g/mol. The number of nitrogens with zero attached hydrogens (tertiary/aromatic N) is 4. The van der Waals surface area contributed by atoms with E-state index in [-0.39, 0.29) is 12.5 Å². The van der Waals surface area contributed by atoms with Crippen molar-refractivity contribution in [3.63, 3.8) is 0 Å². The molecule has 1 amide bonds. The standard InChI is InChI=1S/C18H18N4O2/c19-11-14-6-7-20-17(10-14)21-8-9-22(13-16(23)12-21)18(24)15-4-2-1-3-5-15/h1-7,10,16,23H,8-9,12-13H2. The lowest BCUT2D eigenvalue weighted by atomic mass is 10.2. The Hall–Kier alpha value is -2.91. The van der Waals surface area contributed by atoms with E-state index in [1.807, 2.05) is 23.1 Å². The predicted molar refractivity (Wildman–Crippen MR) is 89.5 cm³/mol. The van der Waals surface area contributed by atoms with E-state index >= 15 is 0 Å². The van der Waals surface area contributed by atoms with E-state index in [1.54, 1.807) is 35.4 Å². The summed E-state index contributed by atoms with van der Waals surface area (Å²) in [5.41, 5.74) is 1.14. The van der Waals surface area contributed by atoms with Crippen LogP contribution >= 0.6 is 0 Å². The fourth-order valence-electron chi connectivity index (χ4n) is 2.81. The molecule has 0 spiro atoms. The molecule has 2 heterocycles. The number of aliphatic hydroxyl groups is 1. The van der Waals surface area contributed by atoms with Crippen LogP contribution in [0.15, 0.2) is 48.7 Å². The van der Waals surface area contributed by atoms with Crippen molar-refractivity contribution in [3.05, 3.63) is 59.8 Å². The van der Waals surface area contributed by atoms with Gasteiger partial charge in [-0.05, 0) is 24.3 Å². The number of aromatic nitrogens is 1. The Morgan fingerprint density at radius 2 is 2.00 bits per heavy atom. The molecule has 6 heteroatoms. The quantitative estimate of drug-likeness (QED) is 0.901. The summed E-state index contributed by atoms with van der Waals surface area (Å²) in [6.45, 7) is 1.70. The van der Waals surface area contributed by atoms with Crippen LogP contribution in [0.1, 0.15) is 15.9 Å². The molecule has 24 heavy (non-hydrogen) atoms. The average Bonchev–Trinajstić information content (AvgIpc) is 2.83. The molecule has 1 N–H and O–H groups in total. The first-order chi connectivity index (χ1) is 11.7. The largest absolute Gasteiger partial charge is 0.389 e. The van der Waals surface area contributed by atoms with Gasteiger partial charge >= 0.3 is 0 Å². The molecule has 3 rings (SSSR count). The average molecular weight is 322 g/mol. The molecule has 1 fully saturated rings. The Kier molecular flexibility index (Phi) is 4.73. The molecule has 1 saturated heterocycles. The smallest absolute Gasteiger partial charge is 0.254 e. The predicted octanol–water partition coefficient (Wildman–Crippen LogP) is 1.28. The topological polar surface area (TPSA) is 80.5 Å². The summed E-state index contributed by atoms with van der Waals surface area (Å²) in [5.74, 6) is 0.553. The van der Waals surface area contributed by atoms with E-state index in [0.29, 0.717) is 36.6 Å². The van der Waals surface area contributed by atoms with Gasteiger partial charge in [-0.1, -0.05) is 18.2 Å². The highest BCUT2D eigenvalue weighted by molar-refractivity contribution is 5.94. The maximum absolute atomic E-state index is 12.6. The monoisotopic (exact) mass is 322 g/mol. The normalized spacial score (nSPS) is 17.9. The molecule has 1 aromatic heterocycles. The minimum absolute atomic E-state index is 0.0877. The molecule has 2 aromatic rings. The van der Waals surface area contributed by atoms with Gasteiger partial charge in [-0.15, -0.1) is 0 Å². The second-order valence-electron chi connectivity index (χ2n) is 5.73. The van der Waals surface area contributed by atoms with Crippen LogP contribution in [0.25, 0.3) is 0 Å². The number of rotatable bonds is 2. The third kappa shape index (κ3) is 3.53. The SMILES string of the molecule is N#Cc1ccnc(N2CCN(C(=O)c3ccccc3)CC(O)C2)c1. The van der Waals surface area contributed by atoms with Crippen molar-refractivity contribution in [1.29, 1.82) is 5.26 Å². The minimum Gasteiger partial charge on any atom is -0.389 e. The lowest BCUT2D eigenvalue weighted by Gasteiger charge is -2.22. The molecule has 1 unspecified atom stereocenters. The van der Waals surface area contributed by atoms with Crippen molar-refractivity contribution in [2.24, 2.45) is 0 Å².